The number of hydrogen-bond donors (Lipinski definition) is 1. The first-order valence-electron chi connectivity index (χ1n) is 6.49. The molecule has 1 aromatic carbocycles. The largest absolute Gasteiger partial charge is 0.326 e. The van der Waals surface area contributed by atoms with Crippen LogP contribution in [0.2, 0.25) is 0 Å². The average Bonchev–Trinajstić information content (AvgIpc) is 2.21. The van der Waals surface area contributed by atoms with E-state index in [4.69, 9.17) is 5.73 Å². The van der Waals surface area contributed by atoms with Gasteiger partial charge in [0.05, 0.1) is 0 Å². The Morgan fingerprint density at radius 1 is 1.24 bits per heavy atom. The maximum atomic E-state index is 5.66. The summed E-state index contributed by atoms with van der Waals surface area (Å²) in [7, 11) is 0. The summed E-state index contributed by atoms with van der Waals surface area (Å²) in [6.07, 6.45) is 0. The van der Waals surface area contributed by atoms with Gasteiger partial charge in [0.15, 0.2) is 0 Å². The number of likely N-dealkylation sites (tertiary alicyclic amines) is 1. The van der Waals surface area contributed by atoms with E-state index in [-0.39, 0.29) is 0 Å². The molecule has 1 fully saturated rings. The average molecular weight is 232 g/mol. The van der Waals surface area contributed by atoms with Gasteiger partial charge in [0.2, 0.25) is 0 Å². The van der Waals surface area contributed by atoms with Crippen LogP contribution in [0.3, 0.4) is 0 Å². The minimum atomic E-state index is 0.454. The lowest BCUT2D eigenvalue weighted by atomic mass is 9.76. The SMILES string of the molecule is CC(C)(C)C1CN(Cc2cccc(CN)c2)C1. The van der Waals surface area contributed by atoms with Gasteiger partial charge < -0.3 is 5.73 Å². The van der Waals surface area contributed by atoms with Crippen molar-refractivity contribution in [2.75, 3.05) is 13.1 Å². The van der Waals surface area contributed by atoms with E-state index in [9.17, 15) is 0 Å². The van der Waals surface area contributed by atoms with Crippen molar-refractivity contribution in [3.63, 3.8) is 0 Å². The number of nitrogens with two attached hydrogens (primary N) is 1. The third-order valence-corrected chi connectivity index (χ3v) is 3.82. The minimum absolute atomic E-state index is 0.454. The zero-order chi connectivity index (χ0) is 12.5. The van der Waals surface area contributed by atoms with Gasteiger partial charge in [0.1, 0.15) is 0 Å². The number of rotatable bonds is 3. The minimum Gasteiger partial charge on any atom is -0.326 e. The van der Waals surface area contributed by atoms with E-state index in [1.807, 2.05) is 0 Å². The summed E-state index contributed by atoms with van der Waals surface area (Å²) >= 11 is 0. The lowest BCUT2D eigenvalue weighted by Crippen LogP contribution is -2.51. The van der Waals surface area contributed by atoms with Crippen LogP contribution in [0.25, 0.3) is 0 Å². The van der Waals surface area contributed by atoms with Crippen LogP contribution >= 0.6 is 0 Å². The highest BCUT2D eigenvalue weighted by atomic mass is 15.2. The van der Waals surface area contributed by atoms with Crippen LogP contribution in [0, 0.1) is 11.3 Å². The molecule has 0 aromatic heterocycles. The molecule has 2 heteroatoms. The number of hydrogen-bond acceptors (Lipinski definition) is 2. The Balaban J connectivity index is 1.87. The molecule has 0 radical (unpaired) electrons. The van der Waals surface area contributed by atoms with Gasteiger partial charge in [0, 0.05) is 26.2 Å². The molecule has 0 bridgehead atoms. The molecule has 0 atom stereocenters. The number of nitrogens with zero attached hydrogens (tertiary/aromatic N) is 1. The van der Waals surface area contributed by atoms with Crippen LogP contribution in [0.4, 0.5) is 0 Å². The molecule has 2 nitrogen and oxygen atoms in total. The predicted molar refractivity (Wildman–Crippen MR) is 72.6 cm³/mol. The summed E-state index contributed by atoms with van der Waals surface area (Å²) in [6.45, 7) is 11.2. The summed E-state index contributed by atoms with van der Waals surface area (Å²) in [4.78, 5) is 2.52. The fourth-order valence-electron chi connectivity index (χ4n) is 2.36. The monoisotopic (exact) mass is 232 g/mol. The standard InChI is InChI=1S/C15H24N2/c1-15(2,3)14-10-17(11-14)9-13-6-4-5-12(7-13)8-16/h4-7,14H,8-11,16H2,1-3H3. The highest BCUT2D eigenvalue weighted by Crippen LogP contribution is 2.34. The van der Waals surface area contributed by atoms with E-state index in [0.29, 0.717) is 12.0 Å². The van der Waals surface area contributed by atoms with E-state index in [0.717, 1.165) is 12.5 Å². The zero-order valence-corrected chi connectivity index (χ0v) is 11.2. The quantitative estimate of drug-likeness (QED) is 0.868. The fraction of sp³-hybridized carbons (Fsp3) is 0.600. The first-order chi connectivity index (χ1) is 7.99. The maximum Gasteiger partial charge on any atom is 0.0234 e. The smallest absolute Gasteiger partial charge is 0.0234 e. The molecule has 2 N–H and O–H groups in total. The molecule has 1 aliphatic rings. The molecule has 0 unspecified atom stereocenters. The Kier molecular flexibility index (Phi) is 3.55. The van der Waals surface area contributed by atoms with E-state index in [1.54, 1.807) is 0 Å². The first-order valence-corrected chi connectivity index (χ1v) is 6.49. The van der Waals surface area contributed by atoms with Gasteiger partial charge in [-0.2, -0.15) is 0 Å². The van der Waals surface area contributed by atoms with Crippen LogP contribution in [0.1, 0.15) is 31.9 Å². The fourth-order valence-corrected chi connectivity index (χ4v) is 2.36. The van der Waals surface area contributed by atoms with Gasteiger partial charge in [-0.3, -0.25) is 4.90 Å². The van der Waals surface area contributed by atoms with Crippen LogP contribution in [0.15, 0.2) is 24.3 Å². The molecule has 2 rings (SSSR count). The van der Waals surface area contributed by atoms with Crippen LogP contribution < -0.4 is 5.73 Å². The molecule has 0 aliphatic carbocycles. The topological polar surface area (TPSA) is 29.3 Å². The lowest BCUT2D eigenvalue weighted by Gasteiger charge is -2.46. The van der Waals surface area contributed by atoms with Gasteiger partial charge in [-0.15, -0.1) is 0 Å². The van der Waals surface area contributed by atoms with Crippen LogP contribution in [-0.2, 0) is 13.1 Å². The Hall–Kier alpha value is -0.860. The van der Waals surface area contributed by atoms with E-state index in [1.165, 1.54) is 24.2 Å². The van der Waals surface area contributed by atoms with E-state index >= 15 is 0 Å². The lowest BCUT2D eigenvalue weighted by molar-refractivity contribution is 0.0189. The Morgan fingerprint density at radius 3 is 2.47 bits per heavy atom. The molecule has 1 aromatic rings. The molecule has 17 heavy (non-hydrogen) atoms. The van der Waals surface area contributed by atoms with Crippen molar-refractivity contribution in [1.29, 1.82) is 0 Å². The summed E-state index contributed by atoms with van der Waals surface area (Å²) in [6, 6.07) is 8.63. The van der Waals surface area contributed by atoms with E-state index in [2.05, 4.69) is 49.9 Å². The third kappa shape index (κ3) is 3.08. The van der Waals surface area contributed by atoms with Crippen LogP contribution in [-0.4, -0.2) is 18.0 Å². The van der Waals surface area contributed by atoms with Crippen molar-refractivity contribution in [2.45, 2.75) is 33.9 Å². The van der Waals surface area contributed by atoms with E-state index < -0.39 is 0 Å². The number of benzene rings is 1. The highest BCUT2D eigenvalue weighted by Gasteiger charge is 2.35. The van der Waals surface area contributed by atoms with Gasteiger partial charge >= 0.3 is 0 Å². The second-order valence-corrected chi connectivity index (χ2v) is 6.28. The predicted octanol–water partition coefficient (Wildman–Crippen LogP) is 2.62. The van der Waals surface area contributed by atoms with Gasteiger partial charge in [0.25, 0.3) is 0 Å². The zero-order valence-electron chi connectivity index (χ0n) is 11.2. The van der Waals surface area contributed by atoms with Gasteiger partial charge in [-0.25, -0.2) is 0 Å². The molecular formula is C15H24N2. The van der Waals surface area contributed by atoms with Gasteiger partial charge in [-0.1, -0.05) is 45.0 Å². The first kappa shape index (κ1) is 12.6. The highest BCUT2D eigenvalue weighted by molar-refractivity contribution is 5.23. The normalized spacial score (nSPS) is 18.1. The Labute approximate surface area is 105 Å². The molecule has 94 valence electrons. The summed E-state index contributed by atoms with van der Waals surface area (Å²) in [5.41, 5.74) is 8.74. The van der Waals surface area contributed by atoms with Crippen molar-refractivity contribution in [3.8, 4) is 0 Å². The van der Waals surface area contributed by atoms with Crippen molar-refractivity contribution < 1.29 is 0 Å². The Morgan fingerprint density at radius 2 is 1.88 bits per heavy atom. The second kappa shape index (κ2) is 4.79. The molecule has 1 heterocycles. The van der Waals surface area contributed by atoms with Crippen molar-refractivity contribution in [3.05, 3.63) is 35.4 Å². The van der Waals surface area contributed by atoms with Gasteiger partial charge in [-0.05, 0) is 22.5 Å². The summed E-state index contributed by atoms with van der Waals surface area (Å²) in [5.74, 6) is 0.847. The summed E-state index contributed by atoms with van der Waals surface area (Å²) < 4.78 is 0. The maximum absolute atomic E-state index is 5.66. The molecule has 0 spiro atoms. The third-order valence-electron chi connectivity index (χ3n) is 3.82. The molecule has 1 saturated heterocycles. The van der Waals surface area contributed by atoms with Crippen molar-refractivity contribution in [1.82, 2.24) is 4.90 Å². The molecular weight excluding hydrogens is 208 g/mol. The van der Waals surface area contributed by atoms with Crippen molar-refractivity contribution >= 4 is 0 Å². The molecule has 1 aliphatic heterocycles. The van der Waals surface area contributed by atoms with Crippen molar-refractivity contribution in [2.24, 2.45) is 17.1 Å². The Bertz CT molecular complexity index is 373. The molecule has 0 saturated carbocycles. The summed E-state index contributed by atoms with van der Waals surface area (Å²) in [5, 5.41) is 0. The molecule has 0 amide bonds. The van der Waals surface area contributed by atoms with Crippen LogP contribution in [0.5, 0.6) is 0 Å². The second-order valence-electron chi connectivity index (χ2n) is 6.28.